The monoisotopic (exact) mass is 401 g/mol. The van der Waals surface area contributed by atoms with Crippen molar-refractivity contribution in [2.24, 2.45) is 0 Å². The van der Waals surface area contributed by atoms with Crippen LogP contribution < -0.4 is 4.72 Å². The summed E-state index contributed by atoms with van der Waals surface area (Å²) in [6, 6.07) is 14.6. The number of nitrogens with zero attached hydrogens (tertiary/aromatic N) is 2. The van der Waals surface area contributed by atoms with Gasteiger partial charge in [0.1, 0.15) is 0 Å². The highest BCUT2D eigenvalue weighted by Crippen LogP contribution is 2.27. The zero-order chi connectivity index (χ0) is 20.1. The summed E-state index contributed by atoms with van der Waals surface area (Å²) in [4.78, 5) is 18.8. The van der Waals surface area contributed by atoms with Crippen molar-refractivity contribution < 1.29 is 13.2 Å². The highest BCUT2D eigenvalue weighted by molar-refractivity contribution is 7.88. The highest BCUT2D eigenvalue weighted by Gasteiger charge is 2.26. The van der Waals surface area contributed by atoms with E-state index in [0.29, 0.717) is 13.1 Å². The first kappa shape index (κ1) is 20.5. The van der Waals surface area contributed by atoms with Gasteiger partial charge in [0.05, 0.1) is 12.8 Å². The molecule has 1 aliphatic heterocycles. The SMILES string of the molecule is Cc1cc(Cc2ccccc2)cc([C@H]2CCCN(C(=O)CNS(C)(=O)=O)C2)n1. The molecule has 1 amide bonds. The van der Waals surface area contributed by atoms with Crippen molar-refractivity contribution in [1.29, 1.82) is 0 Å². The number of hydrogen-bond acceptors (Lipinski definition) is 4. The van der Waals surface area contributed by atoms with E-state index in [9.17, 15) is 13.2 Å². The van der Waals surface area contributed by atoms with Crippen molar-refractivity contribution in [3.63, 3.8) is 0 Å². The number of pyridine rings is 1. The minimum Gasteiger partial charge on any atom is -0.341 e. The van der Waals surface area contributed by atoms with E-state index in [1.807, 2.05) is 25.1 Å². The molecule has 1 N–H and O–H groups in total. The molecule has 1 saturated heterocycles. The number of rotatable bonds is 6. The normalized spacial score (nSPS) is 17.5. The van der Waals surface area contributed by atoms with Crippen LogP contribution in [0.4, 0.5) is 0 Å². The first-order valence-corrected chi connectivity index (χ1v) is 11.4. The molecule has 28 heavy (non-hydrogen) atoms. The van der Waals surface area contributed by atoms with Gasteiger partial charge in [0, 0.05) is 30.4 Å². The molecule has 0 saturated carbocycles. The summed E-state index contributed by atoms with van der Waals surface area (Å²) in [6.45, 7) is 3.04. The zero-order valence-corrected chi connectivity index (χ0v) is 17.2. The Morgan fingerprint density at radius 2 is 1.96 bits per heavy atom. The maximum atomic E-state index is 12.4. The number of sulfonamides is 1. The van der Waals surface area contributed by atoms with E-state index in [1.54, 1.807) is 4.90 Å². The fraction of sp³-hybridized carbons (Fsp3) is 0.429. The first-order valence-electron chi connectivity index (χ1n) is 9.54. The van der Waals surface area contributed by atoms with Crippen molar-refractivity contribution >= 4 is 15.9 Å². The standard InChI is InChI=1S/C21H27N3O3S/c1-16-11-18(12-17-7-4-3-5-8-17)13-20(23-16)19-9-6-10-24(15-19)21(25)14-22-28(2,26)27/h3-5,7-8,11,13,19,22H,6,9-10,12,14-15H2,1-2H3/t19-/m0/s1. The molecular formula is C21H27N3O3S. The minimum atomic E-state index is -3.37. The Hall–Kier alpha value is -2.25. The van der Waals surface area contributed by atoms with Crippen LogP contribution in [0.15, 0.2) is 42.5 Å². The number of piperidine rings is 1. The molecule has 6 nitrogen and oxygen atoms in total. The van der Waals surface area contributed by atoms with Gasteiger partial charge in [0.2, 0.25) is 15.9 Å². The Bertz CT molecular complexity index is 929. The van der Waals surface area contributed by atoms with Gasteiger partial charge in [-0.3, -0.25) is 9.78 Å². The van der Waals surface area contributed by atoms with Crippen LogP contribution in [0.5, 0.6) is 0 Å². The number of aryl methyl sites for hydroxylation is 1. The van der Waals surface area contributed by atoms with Crippen molar-refractivity contribution in [3.05, 3.63) is 65.0 Å². The van der Waals surface area contributed by atoms with Gasteiger partial charge in [-0.1, -0.05) is 30.3 Å². The van der Waals surface area contributed by atoms with Crippen LogP contribution in [-0.2, 0) is 21.2 Å². The van der Waals surface area contributed by atoms with Gasteiger partial charge in [-0.05, 0) is 49.4 Å². The second-order valence-corrected chi connectivity index (χ2v) is 9.31. The Kier molecular flexibility index (Phi) is 6.46. The van der Waals surface area contributed by atoms with Crippen molar-refractivity contribution in [2.75, 3.05) is 25.9 Å². The van der Waals surface area contributed by atoms with Crippen LogP contribution in [0, 0.1) is 6.92 Å². The van der Waals surface area contributed by atoms with E-state index in [2.05, 4.69) is 29.0 Å². The van der Waals surface area contributed by atoms with E-state index in [0.717, 1.165) is 36.9 Å². The Morgan fingerprint density at radius 3 is 2.68 bits per heavy atom. The van der Waals surface area contributed by atoms with E-state index in [1.165, 1.54) is 11.1 Å². The lowest BCUT2D eigenvalue weighted by molar-refractivity contribution is -0.131. The van der Waals surface area contributed by atoms with Crippen LogP contribution in [0.2, 0.25) is 0 Å². The lowest BCUT2D eigenvalue weighted by Crippen LogP contribution is -2.44. The van der Waals surface area contributed by atoms with Gasteiger partial charge in [-0.2, -0.15) is 0 Å². The van der Waals surface area contributed by atoms with Crippen LogP contribution in [0.25, 0.3) is 0 Å². The number of carbonyl (C=O) groups is 1. The number of benzene rings is 1. The molecule has 3 rings (SSSR count). The van der Waals surface area contributed by atoms with Crippen molar-refractivity contribution in [3.8, 4) is 0 Å². The summed E-state index contributed by atoms with van der Waals surface area (Å²) in [5.41, 5.74) is 4.47. The predicted octanol–water partition coefficient (Wildman–Crippen LogP) is 2.24. The topological polar surface area (TPSA) is 79.4 Å². The van der Waals surface area contributed by atoms with E-state index >= 15 is 0 Å². The average molecular weight is 402 g/mol. The van der Waals surface area contributed by atoms with Gasteiger partial charge in [0.15, 0.2) is 0 Å². The highest BCUT2D eigenvalue weighted by atomic mass is 32.2. The Morgan fingerprint density at radius 1 is 1.21 bits per heavy atom. The summed E-state index contributed by atoms with van der Waals surface area (Å²) in [6.07, 6.45) is 3.78. The first-order chi connectivity index (χ1) is 13.3. The second kappa shape index (κ2) is 8.84. The van der Waals surface area contributed by atoms with Crippen LogP contribution in [-0.4, -0.2) is 50.1 Å². The van der Waals surface area contributed by atoms with Gasteiger partial charge in [0.25, 0.3) is 0 Å². The lowest BCUT2D eigenvalue weighted by atomic mass is 9.92. The van der Waals surface area contributed by atoms with Gasteiger partial charge < -0.3 is 4.90 Å². The molecule has 0 bridgehead atoms. The molecule has 1 atom stereocenters. The van der Waals surface area contributed by atoms with Gasteiger partial charge >= 0.3 is 0 Å². The van der Waals surface area contributed by atoms with E-state index in [4.69, 9.17) is 4.98 Å². The molecule has 1 aromatic heterocycles. The third-order valence-electron chi connectivity index (χ3n) is 4.96. The van der Waals surface area contributed by atoms with Gasteiger partial charge in [-0.25, -0.2) is 13.1 Å². The lowest BCUT2D eigenvalue weighted by Gasteiger charge is -2.33. The third-order valence-corrected chi connectivity index (χ3v) is 5.63. The van der Waals surface area contributed by atoms with E-state index < -0.39 is 10.0 Å². The maximum absolute atomic E-state index is 12.4. The number of carbonyl (C=O) groups excluding carboxylic acids is 1. The summed E-state index contributed by atoms with van der Waals surface area (Å²) >= 11 is 0. The number of nitrogens with one attached hydrogen (secondary N) is 1. The van der Waals surface area contributed by atoms with Crippen molar-refractivity contribution in [1.82, 2.24) is 14.6 Å². The third kappa shape index (κ3) is 5.87. The fourth-order valence-corrected chi connectivity index (χ4v) is 4.05. The summed E-state index contributed by atoms with van der Waals surface area (Å²) < 4.78 is 24.8. The zero-order valence-electron chi connectivity index (χ0n) is 16.4. The molecular weight excluding hydrogens is 374 g/mol. The molecule has 1 fully saturated rings. The molecule has 2 heterocycles. The van der Waals surface area contributed by atoms with Crippen LogP contribution in [0.3, 0.4) is 0 Å². The number of hydrogen-bond donors (Lipinski definition) is 1. The molecule has 0 aliphatic carbocycles. The summed E-state index contributed by atoms with van der Waals surface area (Å²) in [5, 5.41) is 0. The molecule has 150 valence electrons. The molecule has 0 radical (unpaired) electrons. The molecule has 7 heteroatoms. The molecule has 0 unspecified atom stereocenters. The minimum absolute atomic E-state index is 0.172. The van der Waals surface area contributed by atoms with Crippen molar-refractivity contribution in [2.45, 2.75) is 32.1 Å². The molecule has 2 aromatic rings. The smallest absolute Gasteiger partial charge is 0.237 e. The molecule has 0 spiro atoms. The predicted molar refractivity (Wildman–Crippen MR) is 110 cm³/mol. The van der Waals surface area contributed by atoms with Crippen LogP contribution in [0.1, 0.15) is 41.3 Å². The number of likely N-dealkylation sites (tertiary alicyclic amines) is 1. The van der Waals surface area contributed by atoms with Gasteiger partial charge in [-0.15, -0.1) is 0 Å². The number of amides is 1. The maximum Gasteiger partial charge on any atom is 0.237 e. The summed E-state index contributed by atoms with van der Waals surface area (Å²) in [5.74, 6) is -0.0161. The quantitative estimate of drug-likeness (QED) is 0.805. The Labute approximate surface area is 167 Å². The number of aromatic nitrogens is 1. The largest absolute Gasteiger partial charge is 0.341 e. The summed E-state index contributed by atoms with van der Waals surface area (Å²) in [7, 11) is -3.37. The second-order valence-electron chi connectivity index (χ2n) is 7.48. The Balaban J connectivity index is 1.71. The fourth-order valence-electron chi connectivity index (χ4n) is 3.66. The molecule has 1 aliphatic rings. The van der Waals surface area contributed by atoms with E-state index in [-0.39, 0.29) is 18.4 Å². The average Bonchev–Trinajstić information content (AvgIpc) is 2.66. The van der Waals surface area contributed by atoms with Crippen LogP contribution >= 0.6 is 0 Å². The molecule has 1 aromatic carbocycles.